The maximum atomic E-state index is 13.2. The van der Waals surface area contributed by atoms with E-state index in [2.05, 4.69) is 25.1 Å². The van der Waals surface area contributed by atoms with Crippen LogP contribution in [-0.4, -0.2) is 50.8 Å². The number of nitrogens with one attached hydrogen (secondary N) is 1. The quantitative estimate of drug-likeness (QED) is 0.630. The smallest absolute Gasteiger partial charge is 0.179 e. The number of sulfone groups is 1. The molecule has 1 N–H and O–H groups in total. The van der Waals surface area contributed by atoms with Crippen LogP contribution in [0.3, 0.4) is 0 Å². The number of piperazine rings is 1. The Labute approximate surface area is 181 Å². The van der Waals surface area contributed by atoms with Crippen LogP contribution in [0.15, 0.2) is 65.8 Å². The summed E-state index contributed by atoms with van der Waals surface area (Å²) in [6.07, 6.45) is 4.50. The van der Waals surface area contributed by atoms with Gasteiger partial charge in [0, 0.05) is 57.1 Å². The van der Waals surface area contributed by atoms with E-state index in [0.29, 0.717) is 12.4 Å². The van der Waals surface area contributed by atoms with Crippen LogP contribution < -0.4 is 15.1 Å². The van der Waals surface area contributed by atoms with E-state index in [4.69, 9.17) is 0 Å². The van der Waals surface area contributed by atoms with Crippen LogP contribution in [0.1, 0.15) is 5.56 Å². The highest BCUT2D eigenvalue weighted by molar-refractivity contribution is 7.90. The first-order chi connectivity index (χ1) is 14.9. The molecular formula is C22H24FN5O2S. The fourth-order valence-corrected chi connectivity index (χ4v) is 4.40. The lowest BCUT2D eigenvalue weighted by Gasteiger charge is -2.36. The second-order valence-electron chi connectivity index (χ2n) is 7.45. The lowest BCUT2D eigenvalue weighted by molar-refractivity contribution is 0.601. The maximum absolute atomic E-state index is 13.2. The van der Waals surface area contributed by atoms with Gasteiger partial charge >= 0.3 is 0 Å². The molecule has 0 bridgehead atoms. The molecule has 0 spiro atoms. The molecule has 1 aliphatic rings. The van der Waals surface area contributed by atoms with Gasteiger partial charge in [0.15, 0.2) is 9.84 Å². The fraction of sp³-hybridized carbons (Fsp3) is 0.273. The molecule has 0 amide bonds. The molecule has 0 unspecified atom stereocenters. The molecule has 2 aromatic heterocycles. The average molecular weight is 442 g/mol. The van der Waals surface area contributed by atoms with Crippen molar-refractivity contribution in [3.05, 3.63) is 72.3 Å². The van der Waals surface area contributed by atoms with Gasteiger partial charge in [0.1, 0.15) is 22.3 Å². The Bertz CT molecular complexity index is 1150. The molecule has 0 saturated carbocycles. The molecular weight excluding hydrogens is 417 g/mol. The zero-order chi connectivity index (χ0) is 21.8. The van der Waals surface area contributed by atoms with E-state index in [9.17, 15) is 12.8 Å². The average Bonchev–Trinajstić information content (AvgIpc) is 2.78. The highest BCUT2D eigenvalue weighted by atomic mass is 32.2. The minimum absolute atomic E-state index is 0.182. The summed E-state index contributed by atoms with van der Waals surface area (Å²) in [4.78, 5) is 13.3. The normalized spacial score (nSPS) is 14.5. The van der Waals surface area contributed by atoms with Crippen molar-refractivity contribution in [3.8, 4) is 0 Å². The van der Waals surface area contributed by atoms with Crippen LogP contribution in [0.2, 0.25) is 0 Å². The van der Waals surface area contributed by atoms with Crippen LogP contribution in [-0.2, 0) is 16.4 Å². The molecule has 1 fully saturated rings. The van der Waals surface area contributed by atoms with Crippen molar-refractivity contribution in [1.29, 1.82) is 0 Å². The van der Waals surface area contributed by atoms with E-state index in [-0.39, 0.29) is 10.7 Å². The summed E-state index contributed by atoms with van der Waals surface area (Å²) >= 11 is 0. The molecule has 31 heavy (non-hydrogen) atoms. The number of benzene rings is 1. The Morgan fingerprint density at radius 1 is 0.968 bits per heavy atom. The molecule has 1 aromatic carbocycles. The molecule has 1 aliphatic heterocycles. The highest BCUT2D eigenvalue weighted by Gasteiger charge is 2.19. The third-order valence-electron chi connectivity index (χ3n) is 5.24. The van der Waals surface area contributed by atoms with Gasteiger partial charge in [-0.1, -0.05) is 0 Å². The first-order valence-electron chi connectivity index (χ1n) is 9.99. The van der Waals surface area contributed by atoms with Crippen molar-refractivity contribution < 1.29 is 12.8 Å². The lowest BCUT2D eigenvalue weighted by atomic mass is 10.2. The van der Waals surface area contributed by atoms with E-state index in [0.717, 1.165) is 43.2 Å². The number of aromatic nitrogens is 2. The van der Waals surface area contributed by atoms with Crippen molar-refractivity contribution in [3.63, 3.8) is 0 Å². The van der Waals surface area contributed by atoms with Crippen molar-refractivity contribution in [2.45, 2.75) is 11.4 Å². The van der Waals surface area contributed by atoms with Crippen LogP contribution >= 0.6 is 0 Å². The fourth-order valence-electron chi connectivity index (χ4n) is 3.60. The first-order valence-corrected chi connectivity index (χ1v) is 11.9. The molecule has 4 rings (SSSR count). The summed E-state index contributed by atoms with van der Waals surface area (Å²) in [5.74, 6) is 0.991. The third kappa shape index (κ3) is 5.11. The SMILES string of the molecule is CS(=O)(=O)c1cccnc1NCc1ccnc(N2CCN(c3ccc(F)cc3)CC2)c1. The van der Waals surface area contributed by atoms with Crippen molar-refractivity contribution in [1.82, 2.24) is 9.97 Å². The van der Waals surface area contributed by atoms with Gasteiger partial charge in [-0.15, -0.1) is 0 Å². The number of hydrogen-bond acceptors (Lipinski definition) is 7. The van der Waals surface area contributed by atoms with Gasteiger partial charge in [0.05, 0.1) is 0 Å². The van der Waals surface area contributed by atoms with Crippen molar-refractivity contribution >= 4 is 27.2 Å². The second-order valence-corrected chi connectivity index (χ2v) is 9.43. The second kappa shape index (κ2) is 8.89. The molecule has 3 heterocycles. The van der Waals surface area contributed by atoms with Crippen LogP contribution in [0.25, 0.3) is 0 Å². The summed E-state index contributed by atoms with van der Waals surface area (Å²) < 4.78 is 37.1. The van der Waals surface area contributed by atoms with Gasteiger partial charge in [-0.05, 0) is 54.1 Å². The van der Waals surface area contributed by atoms with E-state index >= 15 is 0 Å². The molecule has 1 saturated heterocycles. The van der Waals surface area contributed by atoms with Crippen LogP contribution in [0.5, 0.6) is 0 Å². The van der Waals surface area contributed by atoms with E-state index in [1.54, 1.807) is 36.7 Å². The molecule has 0 atom stereocenters. The molecule has 3 aromatic rings. The van der Waals surface area contributed by atoms with Crippen molar-refractivity contribution in [2.75, 3.05) is 47.6 Å². The number of rotatable bonds is 6. The van der Waals surface area contributed by atoms with Gasteiger partial charge in [0.2, 0.25) is 0 Å². The van der Waals surface area contributed by atoms with Crippen molar-refractivity contribution in [2.24, 2.45) is 0 Å². The zero-order valence-corrected chi connectivity index (χ0v) is 18.0. The third-order valence-corrected chi connectivity index (χ3v) is 6.36. The molecule has 7 nitrogen and oxygen atoms in total. The number of hydrogen-bond donors (Lipinski definition) is 1. The van der Waals surface area contributed by atoms with Gasteiger partial charge < -0.3 is 15.1 Å². The number of halogens is 1. The lowest BCUT2D eigenvalue weighted by Crippen LogP contribution is -2.46. The Balaban J connectivity index is 1.40. The number of anilines is 3. The van der Waals surface area contributed by atoms with E-state index < -0.39 is 9.84 Å². The summed E-state index contributed by atoms with van der Waals surface area (Å²) in [5.41, 5.74) is 2.00. The first kappa shape index (κ1) is 21.0. The Morgan fingerprint density at radius 3 is 2.39 bits per heavy atom. The van der Waals surface area contributed by atoms with E-state index in [1.807, 2.05) is 12.1 Å². The van der Waals surface area contributed by atoms with Gasteiger partial charge in [-0.3, -0.25) is 0 Å². The van der Waals surface area contributed by atoms with E-state index in [1.165, 1.54) is 18.4 Å². The summed E-state index contributed by atoms with van der Waals surface area (Å²) in [6.45, 7) is 3.69. The minimum atomic E-state index is -3.36. The van der Waals surface area contributed by atoms with Crippen LogP contribution in [0, 0.1) is 5.82 Å². The summed E-state index contributed by atoms with van der Waals surface area (Å²) in [6, 6.07) is 13.6. The summed E-state index contributed by atoms with van der Waals surface area (Å²) in [7, 11) is -3.36. The molecule has 9 heteroatoms. The predicted molar refractivity (Wildman–Crippen MR) is 120 cm³/mol. The maximum Gasteiger partial charge on any atom is 0.179 e. The molecule has 0 aliphatic carbocycles. The van der Waals surface area contributed by atoms with Crippen LogP contribution in [0.4, 0.5) is 21.7 Å². The minimum Gasteiger partial charge on any atom is -0.368 e. The Kier molecular flexibility index (Phi) is 6.03. The number of pyridine rings is 2. The standard InChI is InChI=1S/C22H24FN5O2S/c1-31(29,30)20-3-2-9-25-22(20)26-16-17-8-10-24-21(15-17)28-13-11-27(12-14-28)19-6-4-18(23)5-7-19/h2-10,15H,11-14,16H2,1H3,(H,25,26). The predicted octanol–water partition coefficient (Wildman–Crippen LogP) is 2.96. The summed E-state index contributed by atoms with van der Waals surface area (Å²) in [5, 5.41) is 3.12. The monoisotopic (exact) mass is 441 g/mol. The Hall–Kier alpha value is -3.20. The Morgan fingerprint density at radius 2 is 1.68 bits per heavy atom. The van der Waals surface area contributed by atoms with Gasteiger partial charge in [-0.2, -0.15) is 0 Å². The molecule has 0 radical (unpaired) electrons. The highest BCUT2D eigenvalue weighted by Crippen LogP contribution is 2.22. The van der Waals surface area contributed by atoms with Gasteiger partial charge in [-0.25, -0.2) is 22.8 Å². The molecule has 162 valence electrons. The van der Waals surface area contributed by atoms with Gasteiger partial charge in [0.25, 0.3) is 0 Å². The largest absolute Gasteiger partial charge is 0.368 e. The topological polar surface area (TPSA) is 78.4 Å². The zero-order valence-electron chi connectivity index (χ0n) is 17.2. The number of nitrogens with zero attached hydrogens (tertiary/aromatic N) is 4.